The molecule has 3 aromatic rings. The van der Waals surface area contributed by atoms with Crippen LogP contribution in [-0.4, -0.2) is 23.2 Å². The Bertz CT molecular complexity index is 947. The molecule has 2 heterocycles. The highest BCUT2D eigenvalue weighted by Gasteiger charge is 2.25. The Morgan fingerprint density at radius 2 is 2.35 bits per heavy atom. The number of nitrogens with zero attached hydrogens (tertiary/aromatic N) is 1. The van der Waals surface area contributed by atoms with Gasteiger partial charge in [0.2, 0.25) is 5.91 Å². The molecule has 2 aromatic heterocycles. The van der Waals surface area contributed by atoms with Crippen molar-refractivity contribution in [2.24, 2.45) is 0 Å². The SMILES string of the molecule is COc1cc(CCC(=O)N[C@@H]2CCCc3c2[nH]c2ccc(Cl)cc32)on1. The third-order valence-electron chi connectivity index (χ3n) is 4.85. The molecule has 1 aliphatic carbocycles. The van der Waals surface area contributed by atoms with E-state index in [-0.39, 0.29) is 11.9 Å². The molecule has 136 valence electrons. The van der Waals surface area contributed by atoms with Gasteiger partial charge >= 0.3 is 0 Å². The molecule has 7 heteroatoms. The molecule has 0 spiro atoms. The van der Waals surface area contributed by atoms with Gasteiger partial charge in [0.05, 0.1) is 13.2 Å². The van der Waals surface area contributed by atoms with Crippen LogP contribution in [0, 0.1) is 0 Å². The Balaban J connectivity index is 1.46. The molecule has 2 N–H and O–H groups in total. The normalized spacial score (nSPS) is 16.5. The number of hydrogen-bond donors (Lipinski definition) is 2. The fourth-order valence-corrected chi connectivity index (χ4v) is 3.76. The lowest BCUT2D eigenvalue weighted by atomic mass is 9.91. The summed E-state index contributed by atoms with van der Waals surface area (Å²) in [7, 11) is 1.53. The van der Waals surface area contributed by atoms with E-state index in [0.717, 1.165) is 40.9 Å². The van der Waals surface area contributed by atoms with Gasteiger partial charge in [-0.2, -0.15) is 0 Å². The number of halogens is 1. The van der Waals surface area contributed by atoms with Crippen LogP contribution in [0.4, 0.5) is 0 Å². The zero-order chi connectivity index (χ0) is 18.1. The molecule has 0 aliphatic heterocycles. The first kappa shape index (κ1) is 17.0. The summed E-state index contributed by atoms with van der Waals surface area (Å²) < 4.78 is 10.1. The minimum absolute atomic E-state index is 0.00156. The topological polar surface area (TPSA) is 80.1 Å². The van der Waals surface area contributed by atoms with E-state index < -0.39 is 0 Å². The maximum absolute atomic E-state index is 12.4. The van der Waals surface area contributed by atoms with Crippen molar-refractivity contribution in [3.05, 3.63) is 46.3 Å². The van der Waals surface area contributed by atoms with E-state index in [4.69, 9.17) is 20.9 Å². The van der Waals surface area contributed by atoms with Crippen molar-refractivity contribution in [2.75, 3.05) is 7.11 Å². The number of amides is 1. The third kappa shape index (κ3) is 3.29. The number of ether oxygens (including phenoxy) is 1. The average Bonchev–Trinajstić information content (AvgIpc) is 3.25. The summed E-state index contributed by atoms with van der Waals surface area (Å²) in [6.45, 7) is 0. The summed E-state index contributed by atoms with van der Waals surface area (Å²) >= 11 is 6.14. The van der Waals surface area contributed by atoms with Crippen LogP contribution in [0.25, 0.3) is 10.9 Å². The number of nitrogens with one attached hydrogen (secondary N) is 2. The van der Waals surface area contributed by atoms with Crippen LogP contribution in [0.1, 0.15) is 42.3 Å². The first-order valence-electron chi connectivity index (χ1n) is 8.73. The standard InChI is InChI=1S/C19H20ClN3O3/c1-25-18-10-12(26-23-18)6-8-17(24)21-16-4-2-3-13-14-9-11(20)5-7-15(14)22-19(13)16/h5,7,9-10,16,22H,2-4,6,8H2,1H3,(H,21,24)/t16-/m1/s1. The Labute approximate surface area is 155 Å². The van der Waals surface area contributed by atoms with Crippen molar-refractivity contribution in [3.8, 4) is 5.88 Å². The van der Waals surface area contributed by atoms with Crippen LogP contribution in [-0.2, 0) is 17.6 Å². The highest BCUT2D eigenvalue weighted by atomic mass is 35.5. The Morgan fingerprint density at radius 3 is 3.15 bits per heavy atom. The van der Waals surface area contributed by atoms with E-state index in [1.807, 2.05) is 18.2 Å². The number of methoxy groups -OCH3 is 1. The molecule has 0 radical (unpaired) electrons. The number of carbonyl (C=O) groups is 1. The first-order valence-corrected chi connectivity index (χ1v) is 9.11. The fourth-order valence-electron chi connectivity index (χ4n) is 3.59. The Morgan fingerprint density at radius 1 is 1.46 bits per heavy atom. The van der Waals surface area contributed by atoms with Gasteiger partial charge in [-0.25, -0.2) is 0 Å². The van der Waals surface area contributed by atoms with Gasteiger partial charge in [0, 0.05) is 40.5 Å². The van der Waals surface area contributed by atoms with Gasteiger partial charge in [0.25, 0.3) is 5.88 Å². The van der Waals surface area contributed by atoms with E-state index in [1.165, 1.54) is 12.7 Å². The quantitative estimate of drug-likeness (QED) is 0.709. The van der Waals surface area contributed by atoms with Gasteiger partial charge in [-0.05, 0) is 48.2 Å². The van der Waals surface area contributed by atoms with Gasteiger partial charge in [0.1, 0.15) is 5.76 Å². The molecule has 0 fully saturated rings. The van der Waals surface area contributed by atoms with Crippen molar-refractivity contribution in [1.82, 2.24) is 15.5 Å². The number of carbonyl (C=O) groups excluding carboxylic acids is 1. The summed E-state index contributed by atoms with van der Waals surface area (Å²) in [5.41, 5.74) is 3.43. The van der Waals surface area contributed by atoms with Gasteiger partial charge in [-0.15, -0.1) is 0 Å². The number of fused-ring (bicyclic) bond motifs is 3. The van der Waals surface area contributed by atoms with E-state index in [1.54, 1.807) is 6.07 Å². The van der Waals surface area contributed by atoms with Gasteiger partial charge in [0.15, 0.2) is 0 Å². The highest BCUT2D eigenvalue weighted by Crippen LogP contribution is 2.35. The minimum atomic E-state index is -0.00472. The van der Waals surface area contributed by atoms with Crippen molar-refractivity contribution < 1.29 is 14.1 Å². The summed E-state index contributed by atoms with van der Waals surface area (Å²) in [5.74, 6) is 1.06. The smallest absolute Gasteiger partial charge is 0.254 e. The molecule has 0 bridgehead atoms. The minimum Gasteiger partial charge on any atom is -0.479 e. The third-order valence-corrected chi connectivity index (χ3v) is 5.08. The first-order chi connectivity index (χ1) is 12.6. The number of aromatic amines is 1. The second-order valence-corrected chi connectivity index (χ2v) is 6.99. The number of H-pyrrole nitrogens is 1. The van der Waals surface area contributed by atoms with Gasteiger partial charge < -0.3 is 19.6 Å². The fraction of sp³-hybridized carbons (Fsp3) is 0.368. The zero-order valence-electron chi connectivity index (χ0n) is 14.5. The average molecular weight is 374 g/mol. The maximum atomic E-state index is 12.4. The molecule has 4 rings (SSSR count). The largest absolute Gasteiger partial charge is 0.479 e. The molecule has 1 atom stereocenters. The van der Waals surface area contributed by atoms with E-state index in [0.29, 0.717) is 24.5 Å². The molecule has 0 saturated carbocycles. The lowest BCUT2D eigenvalue weighted by Gasteiger charge is -2.23. The summed E-state index contributed by atoms with van der Waals surface area (Å²) in [6.07, 6.45) is 3.80. The summed E-state index contributed by atoms with van der Waals surface area (Å²) in [4.78, 5) is 15.9. The van der Waals surface area contributed by atoms with E-state index in [9.17, 15) is 4.79 Å². The zero-order valence-corrected chi connectivity index (χ0v) is 15.2. The summed E-state index contributed by atoms with van der Waals surface area (Å²) in [5, 5.41) is 8.77. The molecule has 1 amide bonds. The predicted molar refractivity (Wildman–Crippen MR) is 98.5 cm³/mol. The predicted octanol–water partition coefficient (Wildman–Crippen LogP) is 3.94. The lowest BCUT2D eigenvalue weighted by molar-refractivity contribution is -0.122. The van der Waals surface area contributed by atoms with Gasteiger partial charge in [-0.3, -0.25) is 4.79 Å². The highest BCUT2D eigenvalue weighted by molar-refractivity contribution is 6.31. The van der Waals surface area contributed by atoms with Crippen LogP contribution in [0.5, 0.6) is 5.88 Å². The van der Waals surface area contributed by atoms with Crippen molar-refractivity contribution in [1.29, 1.82) is 0 Å². The summed E-state index contributed by atoms with van der Waals surface area (Å²) in [6, 6.07) is 7.57. The Hall–Kier alpha value is -2.47. The molecule has 1 aromatic carbocycles. The molecular weight excluding hydrogens is 354 g/mol. The second kappa shape index (κ2) is 7.03. The number of aryl methyl sites for hydroxylation is 2. The maximum Gasteiger partial charge on any atom is 0.254 e. The Kier molecular flexibility index (Phi) is 4.59. The van der Waals surface area contributed by atoms with Crippen LogP contribution in [0.3, 0.4) is 0 Å². The van der Waals surface area contributed by atoms with Crippen molar-refractivity contribution in [2.45, 2.75) is 38.1 Å². The molecule has 0 unspecified atom stereocenters. The van der Waals surface area contributed by atoms with Crippen LogP contribution in [0.15, 0.2) is 28.8 Å². The number of benzene rings is 1. The van der Waals surface area contributed by atoms with E-state index >= 15 is 0 Å². The monoisotopic (exact) mass is 373 g/mol. The number of aromatic nitrogens is 2. The van der Waals surface area contributed by atoms with Crippen molar-refractivity contribution in [3.63, 3.8) is 0 Å². The molecular formula is C19H20ClN3O3. The van der Waals surface area contributed by atoms with Crippen molar-refractivity contribution >= 4 is 28.4 Å². The van der Waals surface area contributed by atoms with Crippen LogP contribution in [0.2, 0.25) is 5.02 Å². The molecule has 0 saturated heterocycles. The number of rotatable bonds is 5. The molecule has 1 aliphatic rings. The number of hydrogen-bond acceptors (Lipinski definition) is 4. The second-order valence-electron chi connectivity index (χ2n) is 6.56. The van der Waals surface area contributed by atoms with Gasteiger partial charge in [-0.1, -0.05) is 11.6 Å². The van der Waals surface area contributed by atoms with Crippen LogP contribution < -0.4 is 10.1 Å². The molecule has 26 heavy (non-hydrogen) atoms. The molecule has 6 nitrogen and oxygen atoms in total. The van der Waals surface area contributed by atoms with E-state index in [2.05, 4.69) is 15.5 Å². The van der Waals surface area contributed by atoms with Crippen LogP contribution >= 0.6 is 11.6 Å². The lowest BCUT2D eigenvalue weighted by Crippen LogP contribution is -2.31.